The Kier molecular flexibility index (Phi) is 6.12. The standard InChI is InChI=1S/C26H29N3O/c1-20-18-28(19-23-9-4-3-5-10-23)25-13-7-6-12-24(25)21(2)29(20)26(30)15-14-22-11-8-16-27-17-22/h3-13,16-17,20-21H,14-15,18-19H2,1-2H3/t20-,21+/m1/s1. The van der Waals surface area contributed by atoms with E-state index in [1.165, 1.54) is 16.8 Å². The molecule has 4 rings (SSSR count). The highest BCUT2D eigenvalue weighted by atomic mass is 16.2. The van der Waals surface area contributed by atoms with Gasteiger partial charge in [-0.25, -0.2) is 0 Å². The average Bonchev–Trinajstić information content (AvgIpc) is 2.88. The van der Waals surface area contributed by atoms with Crippen LogP contribution in [0.4, 0.5) is 5.69 Å². The Labute approximate surface area is 179 Å². The summed E-state index contributed by atoms with van der Waals surface area (Å²) in [5, 5.41) is 0. The maximum Gasteiger partial charge on any atom is 0.223 e. The minimum atomic E-state index is 0.0402. The van der Waals surface area contributed by atoms with E-state index in [9.17, 15) is 4.79 Å². The number of nitrogens with zero attached hydrogens (tertiary/aromatic N) is 3. The summed E-state index contributed by atoms with van der Waals surface area (Å²) in [6.45, 7) is 5.98. The summed E-state index contributed by atoms with van der Waals surface area (Å²) in [4.78, 5) is 22.0. The molecule has 4 heteroatoms. The second kappa shape index (κ2) is 9.12. The molecule has 0 fully saturated rings. The maximum absolute atomic E-state index is 13.3. The zero-order valence-corrected chi connectivity index (χ0v) is 17.7. The van der Waals surface area contributed by atoms with Gasteiger partial charge in [-0.15, -0.1) is 0 Å². The summed E-state index contributed by atoms with van der Waals surface area (Å²) >= 11 is 0. The molecule has 0 saturated heterocycles. The first-order valence-corrected chi connectivity index (χ1v) is 10.7. The minimum Gasteiger partial charge on any atom is -0.365 e. The number of hydrogen-bond donors (Lipinski definition) is 0. The third-order valence-corrected chi connectivity index (χ3v) is 5.96. The van der Waals surface area contributed by atoms with Gasteiger partial charge in [-0.2, -0.15) is 0 Å². The first-order valence-electron chi connectivity index (χ1n) is 10.7. The summed E-state index contributed by atoms with van der Waals surface area (Å²) in [7, 11) is 0. The van der Waals surface area contributed by atoms with Crippen molar-refractivity contribution < 1.29 is 4.79 Å². The largest absolute Gasteiger partial charge is 0.365 e. The van der Waals surface area contributed by atoms with Gasteiger partial charge in [0, 0.05) is 43.6 Å². The van der Waals surface area contributed by atoms with Gasteiger partial charge in [-0.3, -0.25) is 9.78 Å². The van der Waals surface area contributed by atoms with Gasteiger partial charge in [-0.05, 0) is 49.1 Å². The Morgan fingerprint density at radius 2 is 1.70 bits per heavy atom. The lowest BCUT2D eigenvalue weighted by Gasteiger charge is -2.33. The van der Waals surface area contributed by atoms with Crippen LogP contribution in [0, 0.1) is 0 Å². The van der Waals surface area contributed by atoms with Gasteiger partial charge < -0.3 is 9.80 Å². The highest BCUT2D eigenvalue weighted by molar-refractivity contribution is 5.78. The van der Waals surface area contributed by atoms with E-state index in [1.807, 2.05) is 24.4 Å². The molecule has 0 saturated carbocycles. The monoisotopic (exact) mass is 399 g/mol. The average molecular weight is 400 g/mol. The number of carbonyl (C=O) groups excluding carboxylic acids is 1. The highest BCUT2D eigenvalue weighted by Gasteiger charge is 2.33. The molecule has 3 aromatic rings. The molecule has 1 aliphatic rings. The van der Waals surface area contributed by atoms with Crippen LogP contribution in [0.25, 0.3) is 0 Å². The van der Waals surface area contributed by atoms with Crippen LogP contribution >= 0.6 is 0 Å². The fourth-order valence-corrected chi connectivity index (χ4v) is 4.51. The molecule has 0 unspecified atom stereocenters. The van der Waals surface area contributed by atoms with Crippen molar-refractivity contribution in [1.82, 2.24) is 9.88 Å². The number of anilines is 1. The second-order valence-electron chi connectivity index (χ2n) is 8.11. The summed E-state index contributed by atoms with van der Waals surface area (Å²) in [5.74, 6) is 0.204. The number of fused-ring (bicyclic) bond motifs is 1. The van der Waals surface area contributed by atoms with Gasteiger partial charge in [0.05, 0.1) is 6.04 Å². The first-order chi connectivity index (χ1) is 14.6. The predicted octanol–water partition coefficient (Wildman–Crippen LogP) is 5.01. The Morgan fingerprint density at radius 3 is 2.47 bits per heavy atom. The van der Waals surface area contributed by atoms with Crippen LogP contribution in [0.3, 0.4) is 0 Å². The summed E-state index contributed by atoms with van der Waals surface area (Å²) in [6.07, 6.45) is 4.83. The third kappa shape index (κ3) is 4.38. The van der Waals surface area contributed by atoms with Crippen LogP contribution in [0.5, 0.6) is 0 Å². The van der Waals surface area contributed by atoms with Crippen LogP contribution < -0.4 is 4.90 Å². The Balaban J connectivity index is 1.58. The first kappa shape index (κ1) is 20.1. The number of para-hydroxylation sites is 1. The smallest absolute Gasteiger partial charge is 0.223 e. The van der Waals surface area contributed by atoms with Crippen LogP contribution in [-0.4, -0.2) is 28.4 Å². The lowest BCUT2D eigenvalue weighted by atomic mass is 10.0. The number of amides is 1. The Hall–Kier alpha value is -3.14. The van der Waals surface area contributed by atoms with Gasteiger partial charge in [0.2, 0.25) is 5.91 Å². The van der Waals surface area contributed by atoms with Crippen molar-refractivity contribution in [2.75, 3.05) is 11.4 Å². The number of rotatable bonds is 5. The zero-order chi connectivity index (χ0) is 20.9. The van der Waals surface area contributed by atoms with E-state index in [4.69, 9.17) is 0 Å². The van der Waals surface area contributed by atoms with E-state index in [-0.39, 0.29) is 18.0 Å². The molecule has 2 aromatic carbocycles. The number of aryl methyl sites for hydroxylation is 1. The third-order valence-electron chi connectivity index (χ3n) is 5.96. The second-order valence-corrected chi connectivity index (χ2v) is 8.11. The van der Waals surface area contributed by atoms with Crippen molar-refractivity contribution in [2.24, 2.45) is 0 Å². The molecule has 30 heavy (non-hydrogen) atoms. The van der Waals surface area contributed by atoms with Gasteiger partial charge in [0.25, 0.3) is 0 Å². The normalized spacial score (nSPS) is 18.6. The number of carbonyl (C=O) groups is 1. The van der Waals surface area contributed by atoms with E-state index in [0.29, 0.717) is 6.42 Å². The topological polar surface area (TPSA) is 36.4 Å². The molecule has 0 N–H and O–H groups in total. The highest BCUT2D eigenvalue weighted by Crippen LogP contribution is 2.36. The van der Waals surface area contributed by atoms with E-state index >= 15 is 0 Å². The quantitative estimate of drug-likeness (QED) is 0.605. The van der Waals surface area contributed by atoms with Crippen molar-refractivity contribution in [2.45, 2.75) is 45.3 Å². The predicted molar refractivity (Wildman–Crippen MR) is 121 cm³/mol. The summed E-state index contributed by atoms with van der Waals surface area (Å²) in [6, 6.07) is 23.2. The van der Waals surface area contributed by atoms with Crippen molar-refractivity contribution in [3.8, 4) is 0 Å². The molecule has 154 valence electrons. The van der Waals surface area contributed by atoms with Gasteiger partial charge >= 0.3 is 0 Å². The molecule has 0 aliphatic carbocycles. The number of benzene rings is 2. The Bertz CT molecular complexity index is 974. The lowest BCUT2D eigenvalue weighted by molar-refractivity contribution is -0.135. The Morgan fingerprint density at radius 1 is 0.967 bits per heavy atom. The number of aromatic nitrogens is 1. The molecular weight excluding hydrogens is 370 g/mol. The van der Waals surface area contributed by atoms with E-state index in [0.717, 1.165) is 25.1 Å². The fraction of sp³-hybridized carbons (Fsp3) is 0.308. The van der Waals surface area contributed by atoms with Crippen LogP contribution in [0.1, 0.15) is 43.0 Å². The molecule has 0 radical (unpaired) electrons. The molecular formula is C26H29N3O. The lowest BCUT2D eigenvalue weighted by Crippen LogP contribution is -2.44. The molecule has 0 bridgehead atoms. The van der Waals surface area contributed by atoms with Gasteiger partial charge in [-0.1, -0.05) is 54.6 Å². The number of pyridine rings is 1. The van der Waals surface area contributed by atoms with Crippen molar-refractivity contribution >= 4 is 11.6 Å². The fourth-order valence-electron chi connectivity index (χ4n) is 4.51. The van der Waals surface area contributed by atoms with Crippen LogP contribution in [0.15, 0.2) is 79.1 Å². The van der Waals surface area contributed by atoms with Crippen molar-refractivity contribution in [3.05, 3.63) is 95.8 Å². The van der Waals surface area contributed by atoms with Gasteiger partial charge in [0.15, 0.2) is 0 Å². The summed E-state index contributed by atoms with van der Waals surface area (Å²) < 4.78 is 0. The van der Waals surface area contributed by atoms with Crippen LogP contribution in [0.2, 0.25) is 0 Å². The molecule has 2 atom stereocenters. The SMILES string of the molecule is C[C@@H]1CN(Cc2ccccc2)c2ccccc2[C@H](C)N1C(=O)CCc1cccnc1. The molecule has 2 heterocycles. The van der Waals surface area contributed by atoms with E-state index < -0.39 is 0 Å². The van der Waals surface area contributed by atoms with Crippen molar-refractivity contribution in [1.29, 1.82) is 0 Å². The molecule has 0 spiro atoms. The molecule has 1 aromatic heterocycles. The van der Waals surface area contributed by atoms with E-state index in [1.54, 1.807) is 6.20 Å². The summed E-state index contributed by atoms with van der Waals surface area (Å²) in [5.41, 5.74) is 4.83. The van der Waals surface area contributed by atoms with E-state index in [2.05, 4.69) is 77.2 Å². The minimum absolute atomic E-state index is 0.0402. The molecule has 1 aliphatic heterocycles. The van der Waals surface area contributed by atoms with Crippen molar-refractivity contribution in [3.63, 3.8) is 0 Å². The van der Waals surface area contributed by atoms with Crippen LogP contribution in [-0.2, 0) is 17.8 Å². The number of hydrogen-bond acceptors (Lipinski definition) is 3. The maximum atomic E-state index is 13.3. The zero-order valence-electron chi connectivity index (χ0n) is 17.7. The molecule has 1 amide bonds. The van der Waals surface area contributed by atoms with Gasteiger partial charge in [0.1, 0.15) is 0 Å². The molecule has 4 nitrogen and oxygen atoms in total.